The number of hydrogen-bond acceptors (Lipinski definition) is 3. The number of rotatable bonds is 0. The van der Waals surface area contributed by atoms with Crippen molar-refractivity contribution in [1.82, 2.24) is 9.97 Å². The van der Waals surface area contributed by atoms with Crippen LogP contribution in [0.5, 0.6) is 5.75 Å². The van der Waals surface area contributed by atoms with Gasteiger partial charge in [0.2, 0.25) is 0 Å². The standard InChI is InChI=1S/C11H7BrN2O/c12-8-3-7-6-15-10-5-13-2-1-9(10)11(7)14-4-8/h1-5H,6H2. The minimum Gasteiger partial charge on any atom is -0.486 e. The predicted octanol–water partition coefficient (Wildman–Crippen LogP) is 2.80. The molecule has 0 saturated heterocycles. The van der Waals surface area contributed by atoms with Crippen molar-refractivity contribution in [2.45, 2.75) is 6.61 Å². The summed E-state index contributed by atoms with van der Waals surface area (Å²) in [5.41, 5.74) is 3.10. The van der Waals surface area contributed by atoms with E-state index in [2.05, 4.69) is 25.9 Å². The van der Waals surface area contributed by atoms with Gasteiger partial charge in [-0.1, -0.05) is 0 Å². The highest BCUT2D eigenvalue weighted by Gasteiger charge is 2.18. The van der Waals surface area contributed by atoms with E-state index in [1.54, 1.807) is 18.6 Å². The Balaban J connectivity index is 2.26. The fraction of sp³-hybridized carbons (Fsp3) is 0.0909. The van der Waals surface area contributed by atoms with Gasteiger partial charge in [-0.25, -0.2) is 0 Å². The summed E-state index contributed by atoms with van der Waals surface area (Å²) < 4.78 is 6.56. The number of aromatic nitrogens is 2. The van der Waals surface area contributed by atoms with E-state index in [0.29, 0.717) is 6.61 Å². The van der Waals surface area contributed by atoms with Crippen molar-refractivity contribution in [1.29, 1.82) is 0 Å². The topological polar surface area (TPSA) is 35.0 Å². The number of nitrogens with zero attached hydrogens (tertiary/aromatic N) is 2. The van der Waals surface area contributed by atoms with Crippen molar-refractivity contribution in [2.75, 3.05) is 0 Å². The monoisotopic (exact) mass is 262 g/mol. The average Bonchev–Trinajstić information content (AvgIpc) is 2.28. The van der Waals surface area contributed by atoms with Crippen LogP contribution >= 0.6 is 15.9 Å². The lowest BCUT2D eigenvalue weighted by Gasteiger charge is -2.19. The maximum atomic E-state index is 5.58. The second kappa shape index (κ2) is 3.31. The van der Waals surface area contributed by atoms with E-state index in [4.69, 9.17) is 4.74 Å². The van der Waals surface area contributed by atoms with Crippen LogP contribution < -0.4 is 4.74 Å². The van der Waals surface area contributed by atoms with Crippen molar-refractivity contribution < 1.29 is 4.74 Å². The van der Waals surface area contributed by atoms with Crippen LogP contribution in [0.15, 0.2) is 35.2 Å². The minimum atomic E-state index is 0.556. The quantitative estimate of drug-likeness (QED) is 0.733. The number of ether oxygens (including phenoxy) is 1. The third kappa shape index (κ3) is 1.41. The lowest BCUT2D eigenvalue weighted by atomic mass is 10.0. The summed E-state index contributed by atoms with van der Waals surface area (Å²) in [6.07, 6.45) is 5.28. The van der Waals surface area contributed by atoms with Crippen molar-refractivity contribution >= 4 is 15.9 Å². The van der Waals surface area contributed by atoms with Crippen LogP contribution in [0, 0.1) is 0 Å². The molecule has 2 aromatic heterocycles. The van der Waals surface area contributed by atoms with Gasteiger partial charge in [0, 0.05) is 28.0 Å². The molecule has 0 unspecified atom stereocenters. The zero-order valence-corrected chi connectivity index (χ0v) is 9.36. The van der Waals surface area contributed by atoms with E-state index in [-0.39, 0.29) is 0 Å². The van der Waals surface area contributed by atoms with Gasteiger partial charge in [0.05, 0.1) is 11.9 Å². The Morgan fingerprint density at radius 1 is 1.33 bits per heavy atom. The molecule has 0 amide bonds. The Morgan fingerprint density at radius 3 is 3.20 bits per heavy atom. The SMILES string of the molecule is Brc1cnc2c(c1)COc1cnccc1-2. The molecule has 0 fully saturated rings. The first kappa shape index (κ1) is 8.85. The summed E-state index contributed by atoms with van der Waals surface area (Å²) in [6.45, 7) is 0.556. The molecule has 3 heterocycles. The molecule has 0 aromatic carbocycles. The molecule has 3 rings (SSSR count). The largest absolute Gasteiger partial charge is 0.486 e. The Morgan fingerprint density at radius 2 is 2.27 bits per heavy atom. The van der Waals surface area contributed by atoms with Crippen LogP contribution in [0.25, 0.3) is 11.3 Å². The van der Waals surface area contributed by atoms with E-state index >= 15 is 0 Å². The second-order valence-corrected chi connectivity index (χ2v) is 4.24. The molecule has 3 nitrogen and oxygen atoms in total. The number of pyridine rings is 2. The minimum absolute atomic E-state index is 0.556. The molecule has 0 atom stereocenters. The molecule has 2 aromatic rings. The molecule has 0 spiro atoms. The Labute approximate surface area is 95.3 Å². The van der Waals surface area contributed by atoms with Gasteiger partial charge < -0.3 is 4.74 Å². The van der Waals surface area contributed by atoms with Gasteiger partial charge in [-0.3, -0.25) is 9.97 Å². The lowest BCUT2D eigenvalue weighted by molar-refractivity contribution is 0.300. The molecule has 0 bridgehead atoms. The van der Waals surface area contributed by atoms with E-state index in [1.807, 2.05) is 12.1 Å². The molecular formula is C11H7BrN2O. The van der Waals surface area contributed by atoms with Crippen LogP contribution in [0.2, 0.25) is 0 Å². The van der Waals surface area contributed by atoms with Gasteiger partial charge in [-0.2, -0.15) is 0 Å². The van der Waals surface area contributed by atoms with Gasteiger partial charge in [-0.05, 0) is 28.1 Å². The van der Waals surface area contributed by atoms with Gasteiger partial charge >= 0.3 is 0 Å². The van der Waals surface area contributed by atoms with E-state index in [9.17, 15) is 0 Å². The Bertz CT molecular complexity index is 528. The Hall–Kier alpha value is -1.42. The molecule has 4 heteroatoms. The lowest BCUT2D eigenvalue weighted by Crippen LogP contribution is -2.07. The summed E-state index contributed by atoms with van der Waals surface area (Å²) in [4.78, 5) is 8.43. The summed E-state index contributed by atoms with van der Waals surface area (Å²) in [5, 5.41) is 0. The summed E-state index contributed by atoms with van der Waals surface area (Å²) in [5.74, 6) is 0.805. The molecule has 0 aliphatic carbocycles. The molecule has 0 saturated carbocycles. The molecule has 1 aliphatic heterocycles. The normalized spacial score (nSPS) is 12.6. The first-order chi connectivity index (χ1) is 7.34. The van der Waals surface area contributed by atoms with Crippen LogP contribution in [-0.4, -0.2) is 9.97 Å². The third-order valence-electron chi connectivity index (χ3n) is 2.36. The maximum Gasteiger partial charge on any atom is 0.147 e. The van der Waals surface area contributed by atoms with Gasteiger partial charge in [0.15, 0.2) is 0 Å². The zero-order valence-electron chi connectivity index (χ0n) is 7.77. The first-order valence-electron chi connectivity index (χ1n) is 4.56. The van der Waals surface area contributed by atoms with Crippen molar-refractivity contribution in [3.63, 3.8) is 0 Å². The molecule has 74 valence electrons. The van der Waals surface area contributed by atoms with Gasteiger partial charge in [-0.15, -0.1) is 0 Å². The molecule has 15 heavy (non-hydrogen) atoms. The maximum absolute atomic E-state index is 5.58. The summed E-state index contributed by atoms with van der Waals surface area (Å²) in [6, 6.07) is 3.96. The van der Waals surface area contributed by atoms with Crippen molar-refractivity contribution in [2.24, 2.45) is 0 Å². The van der Waals surface area contributed by atoms with Crippen molar-refractivity contribution in [3.8, 4) is 17.0 Å². The molecule has 1 aliphatic rings. The van der Waals surface area contributed by atoms with Crippen molar-refractivity contribution in [3.05, 3.63) is 40.8 Å². The summed E-state index contributed by atoms with van der Waals surface area (Å²) in [7, 11) is 0. The third-order valence-corrected chi connectivity index (χ3v) is 2.79. The number of halogens is 1. The average molecular weight is 263 g/mol. The van der Waals surface area contributed by atoms with Gasteiger partial charge in [0.25, 0.3) is 0 Å². The van der Waals surface area contributed by atoms with E-state index < -0.39 is 0 Å². The Kier molecular flexibility index (Phi) is 1.95. The van der Waals surface area contributed by atoms with Crippen LogP contribution in [0.3, 0.4) is 0 Å². The summed E-state index contributed by atoms with van der Waals surface area (Å²) >= 11 is 3.40. The van der Waals surface area contributed by atoms with E-state index in [1.165, 1.54) is 0 Å². The highest BCUT2D eigenvalue weighted by atomic mass is 79.9. The second-order valence-electron chi connectivity index (χ2n) is 3.32. The highest BCUT2D eigenvalue weighted by molar-refractivity contribution is 9.10. The smallest absolute Gasteiger partial charge is 0.147 e. The van der Waals surface area contributed by atoms with Crippen LogP contribution in [-0.2, 0) is 6.61 Å². The predicted molar refractivity (Wildman–Crippen MR) is 59.5 cm³/mol. The van der Waals surface area contributed by atoms with Crippen LogP contribution in [0.1, 0.15) is 5.56 Å². The number of hydrogen-bond donors (Lipinski definition) is 0. The zero-order chi connectivity index (χ0) is 10.3. The molecular weight excluding hydrogens is 256 g/mol. The van der Waals surface area contributed by atoms with E-state index in [0.717, 1.165) is 27.0 Å². The molecule has 0 radical (unpaired) electrons. The molecule has 0 N–H and O–H groups in total. The van der Waals surface area contributed by atoms with Gasteiger partial charge in [0.1, 0.15) is 12.4 Å². The fourth-order valence-electron chi connectivity index (χ4n) is 1.68. The van der Waals surface area contributed by atoms with Crippen LogP contribution in [0.4, 0.5) is 0 Å². The first-order valence-corrected chi connectivity index (χ1v) is 5.35. The highest BCUT2D eigenvalue weighted by Crippen LogP contribution is 2.35. The number of fused-ring (bicyclic) bond motifs is 3. The fourth-order valence-corrected chi connectivity index (χ4v) is 2.06.